The Kier molecular flexibility index (Phi) is 11.6. The summed E-state index contributed by atoms with van der Waals surface area (Å²) in [6, 6.07) is 8.87. The first-order valence-corrected chi connectivity index (χ1v) is 14.0. The average molecular weight is 544 g/mol. The average Bonchev–Trinajstić information content (AvgIpc) is 3.23. The number of aliphatic carboxylic acids is 1. The first kappa shape index (κ1) is 31.1. The molecule has 2 rings (SSSR count). The number of aromatic nitrogens is 1. The van der Waals surface area contributed by atoms with Gasteiger partial charge in [0, 0.05) is 36.9 Å². The summed E-state index contributed by atoms with van der Waals surface area (Å²) in [5.74, 6) is -1.91. The number of hydrogen-bond donors (Lipinski definition) is 2. The molecule has 0 fully saturated rings. The van der Waals surface area contributed by atoms with Gasteiger partial charge in [-0.15, -0.1) is 11.3 Å². The van der Waals surface area contributed by atoms with Gasteiger partial charge in [0.05, 0.1) is 5.92 Å². The summed E-state index contributed by atoms with van der Waals surface area (Å²) < 4.78 is 0. The van der Waals surface area contributed by atoms with Crippen LogP contribution >= 0.6 is 11.3 Å². The Balaban J connectivity index is 2.18. The molecular formula is C29H41N3O5S. The van der Waals surface area contributed by atoms with Gasteiger partial charge in [-0.3, -0.25) is 19.2 Å². The van der Waals surface area contributed by atoms with Gasteiger partial charge in [-0.25, -0.2) is 4.98 Å². The van der Waals surface area contributed by atoms with E-state index in [0.717, 1.165) is 5.56 Å². The minimum Gasteiger partial charge on any atom is -0.481 e. The van der Waals surface area contributed by atoms with Crippen molar-refractivity contribution in [2.75, 3.05) is 7.05 Å². The number of nitrogens with one attached hydrogen (secondary N) is 1. The van der Waals surface area contributed by atoms with E-state index >= 15 is 0 Å². The summed E-state index contributed by atoms with van der Waals surface area (Å²) in [6.45, 7) is 11.3. The van der Waals surface area contributed by atoms with E-state index < -0.39 is 23.8 Å². The minimum atomic E-state index is -0.924. The Morgan fingerprint density at radius 3 is 2.21 bits per heavy atom. The number of aryl methyl sites for hydroxylation is 1. The molecule has 1 unspecified atom stereocenters. The van der Waals surface area contributed by atoms with Crippen LogP contribution in [0.3, 0.4) is 0 Å². The first-order valence-electron chi connectivity index (χ1n) is 13.1. The molecule has 8 nitrogen and oxygen atoms in total. The van der Waals surface area contributed by atoms with Crippen LogP contribution in [0, 0.1) is 24.7 Å². The number of carboxylic acid groups (broad SMARTS) is 1. The molecule has 208 valence electrons. The topological polar surface area (TPSA) is 117 Å². The zero-order chi connectivity index (χ0) is 28.6. The van der Waals surface area contributed by atoms with Crippen molar-refractivity contribution in [2.24, 2.45) is 17.8 Å². The fourth-order valence-electron chi connectivity index (χ4n) is 4.37. The van der Waals surface area contributed by atoms with Crippen molar-refractivity contribution >= 4 is 34.9 Å². The normalized spacial score (nSPS) is 13.7. The molecule has 2 amide bonds. The molecule has 0 aliphatic rings. The van der Waals surface area contributed by atoms with Gasteiger partial charge < -0.3 is 15.3 Å². The van der Waals surface area contributed by atoms with E-state index in [-0.39, 0.29) is 53.1 Å². The molecule has 9 heteroatoms. The zero-order valence-corrected chi connectivity index (χ0v) is 24.3. The third kappa shape index (κ3) is 9.04. The lowest BCUT2D eigenvalue weighted by Crippen LogP contribution is -2.42. The van der Waals surface area contributed by atoms with Gasteiger partial charge >= 0.3 is 5.97 Å². The second kappa shape index (κ2) is 14.2. The number of carbonyl (C=O) groups is 4. The standard InChI is InChI=1S/C29H41N3O5S/c1-17(2)13-25(34)32(7)23(18(3)4)16-24(33)28-31-26(20(6)38-28)27(35)30-22(14-19(5)29(36)37)15-21-11-9-8-10-12-21/h8-12,17-19,22-23H,13-16H2,1-7H3,(H,30,35)(H,36,37)/t19-,22+,23?/m0/s1. The van der Waals surface area contributed by atoms with E-state index in [1.165, 1.54) is 11.3 Å². The second-order valence-corrected chi connectivity index (χ2v) is 12.0. The van der Waals surface area contributed by atoms with Crippen LogP contribution in [0.2, 0.25) is 0 Å². The van der Waals surface area contributed by atoms with Gasteiger partial charge in [0.2, 0.25) is 5.91 Å². The molecule has 1 aromatic heterocycles. The van der Waals surface area contributed by atoms with E-state index in [0.29, 0.717) is 17.7 Å². The Morgan fingerprint density at radius 1 is 1.03 bits per heavy atom. The number of hydrogen-bond acceptors (Lipinski definition) is 6. The third-order valence-corrected chi connectivity index (χ3v) is 7.62. The maximum Gasteiger partial charge on any atom is 0.306 e. The molecular weight excluding hydrogens is 502 g/mol. The van der Waals surface area contributed by atoms with Gasteiger partial charge in [0.1, 0.15) is 5.69 Å². The fourth-order valence-corrected chi connectivity index (χ4v) is 5.23. The van der Waals surface area contributed by atoms with Crippen molar-refractivity contribution in [1.29, 1.82) is 0 Å². The largest absolute Gasteiger partial charge is 0.481 e. The van der Waals surface area contributed by atoms with Crippen LogP contribution in [-0.4, -0.2) is 57.7 Å². The van der Waals surface area contributed by atoms with Crippen LogP contribution in [0.4, 0.5) is 0 Å². The minimum absolute atomic E-state index is 0.00179. The molecule has 2 aromatic rings. The molecule has 0 bridgehead atoms. The van der Waals surface area contributed by atoms with E-state index in [4.69, 9.17) is 0 Å². The van der Waals surface area contributed by atoms with Crippen molar-refractivity contribution in [3.63, 3.8) is 0 Å². The van der Waals surface area contributed by atoms with Crippen LogP contribution in [0.5, 0.6) is 0 Å². The molecule has 0 spiro atoms. The maximum absolute atomic E-state index is 13.2. The summed E-state index contributed by atoms with van der Waals surface area (Å²) in [5, 5.41) is 12.6. The lowest BCUT2D eigenvalue weighted by atomic mass is 9.96. The Labute approximate surface area is 229 Å². The number of Topliss-reactive ketones (excluding diaryl/α,β-unsaturated/α-hetero) is 1. The van der Waals surface area contributed by atoms with E-state index in [2.05, 4.69) is 10.3 Å². The molecule has 1 heterocycles. The van der Waals surface area contributed by atoms with Crippen LogP contribution in [-0.2, 0) is 16.0 Å². The smallest absolute Gasteiger partial charge is 0.306 e. The maximum atomic E-state index is 13.2. The summed E-state index contributed by atoms with van der Waals surface area (Å²) >= 11 is 1.17. The Hall–Kier alpha value is -3.07. The van der Waals surface area contributed by atoms with Gasteiger partial charge in [0.25, 0.3) is 5.91 Å². The van der Waals surface area contributed by atoms with Crippen molar-refractivity contribution in [2.45, 2.75) is 79.3 Å². The van der Waals surface area contributed by atoms with E-state index in [1.807, 2.05) is 58.0 Å². The van der Waals surface area contributed by atoms with Crippen LogP contribution in [0.25, 0.3) is 0 Å². The molecule has 0 saturated carbocycles. The number of nitrogens with zero attached hydrogens (tertiary/aromatic N) is 2. The summed E-state index contributed by atoms with van der Waals surface area (Å²) in [7, 11) is 1.74. The summed E-state index contributed by atoms with van der Waals surface area (Å²) in [4.78, 5) is 57.2. The van der Waals surface area contributed by atoms with Crippen molar-refractivity contribution in [3.8, 4) is 0 Å². The molecule has 2 N–H and O–H groups in total. The number of carbonyl (C=O) groups excluding carboxylic acids is 3. The van der Waals surface area contributed by atoms with E-state index in [9.17, 15) is 24.3 Å². The van der Waals surface area contributed by atoms with Gasteiger partial charge in [0.15, 0.2) is 10.8 Å². The predicted molar refractivity (Wildman–Crippen MR) is 149 cm³/mol. The highest BCUT2D eigenvalue weighted by molar-refractivity contribution is 7.13. The lowest BCUT2D eigenvalue weighted by molar-refractivity contribution is -0.141. The van der Waals surface area contributed by atoms with Crippen molar-refractivity contribution in [3.05, 3.63) is 51.5 Å². The number of ketones is 1. The van der Waals surface area contributed by atoms with Crippen LogP contribution in [0.15, 0.2) is 30.3 Å². The number of amides is 2. The number of carboxylic acids is 1. The molecule has 38 heavy (non-hydrogen) atoms. The quantitative estimate of drug-likeness (QED) is 0.324. The SMILES string of the molecule is Cc1sc(C(=O)CC(C(C)C)N(C)C(=O)CC(C)C)nc1C(=O)N[C@@H](Cc1ccccc1)C[C@H](C)C(=O)O. The first-order chi connectivity index (χ1) is 17.8. The zero-order valence-electron chi connectivity index (χ0n) is 23.5. The molecule has 3 atom stereocenters. The van der Waals surface area contributed by atoms with Crippen molar-refractivity contribution in [1.82, 2.24) is 15.2 Å². The lowest BCUT2D eigenvalue weighted by Gasteiger charge is -2.31. The highest BCUT2D eigenvalue weighted by atomic mass is 32.1. The highest BCUT2D eigenvalue weighted by Crippen LogP contribution is 2.24. The molecule has 1 aromatic carbocycles. The van der Waals surface area contributed by atoms with E-state index in [1.54, 1.807) is 25.8 Å². The van der Waals surface area contributed by atoms with Crippen molar-refractivity contribution < 1.29 is 24.3 Å². The fraction of sp³-hybridized carbons (Fsp3) is 0.552. The highest BCUT2D eigenvalue weighted by Gasteiger charge is 2.29. The summed E-state index contributed by atoms with van der Waals surface area (Å²) in [6.07, 6.45) is 1.28. The van der Waals surface area contributed by atoms with Gasteiger partial charge in [-0.1, -0.05) is 65.0 Å². The molecule has 0 aliphatic carbocycles. The number of rotatable bonds is 14. The number of thiazole rings is 1. The Morgan fingerprint density at radius 2 is 1.66 bits per heavy atom. The Bertz CT molecular complexity index is 1110. The van der Waals surface area contributed by atoms with Crippen LogP contribution < -0.4 is 5.32 Å². The van der Waals surface area contributed by atoms with Crippen LogP contribution in [0.1, 0.15) is 84.6 Å². The predicted octanol–water partition coefficient (Wildman–Crippen LogP) is 5.01. The van der Waals surface area contributed by atoms with Gasteiger partial charge in [-0.05, 0) is 37.2 Å². The third-order valence-electron chi connectivity index (χ3n) is 6.61. The summed E-state index contributed by atoms with van der Waals surface area (Å²) in [5.41, 5.74) is 1.15. The monoisotopic (exact) mass is 543 g/mol. The molecule has 0 aliphatic heterocycles. The van der Waals surface area contributed by atoms with Gasteiger partial charge in [-0.2, -0.15) is 0 Å². The molecule has 0 radical (unpaired) electrons. The second-order valence-electron chi connectivity index (χ2n) is 10.8. The number of benzene rings is 1. The molecule has 0 saturated heterocycles.